The number of benzene rings is 1. The van der Waals surface area contributed by atoms with Crippen LogP contribution in [-0.4, -0.2) is 5.91 Å². The van der Waals surface area contributed by atoms with Crippen LogP contribution in [0.1, 0.15) is 23.4 Å². The minimum atomic E-state index is -0.101. The van der Waals surface area contributed by atoms with Crippen molar-refractivity contribution in [2.45, 2.75) is 13.0 Å². The van der Waals surface area contributed by atoms with E-state index in [4.69, 9.17) is 11.6 Å². The summed E-state index contributed by atoms with van der Waals surface area (Å²) < 4.78 is 0. The van der Waals surface area contributed by atoms with Gasteiger partial charge in [0.1, 0.15) is 0 Å². The van der Waals surface area contributed by atoms with Gasteiger partial charge in [0.2, 0.25) is 5.91 Å². The Morgan fingerprint density at radius 3 is 2.68 bits per heavy atom. The lowest BCUT2D eigenvalue weighted by Crippen LogP contribution is -2.23. The van der Waals surface area contributed by atoms with E-state index in [1.807, 2.05) is 36.6 Å². The normalized spacial score (nSPS) is 12.5. The smallest absolute Gasteiger partial charge is 0.244 e. The van der Waals surface area contributed by atoms with Gasteiger partial charge in [-0.1, -0.05) is 29.8 Å². The Kier molecular flexibility index (Phi) is 4.77. The van der Waals surface area contributed by atoms with Gasteiger partial charge >= 0.3 is 0 Å². The topological polar surface area (TPSA) is 29.1 Å². The van der Waals surface area contributed by atoms with E-state index >= 15 is 0 Å². The average Bonchev–Trinajstić information content (AvgIpc) is 2.92. The maximum Gasteiger partial charge on any atom is 0.244 e. The van der Waals surface area contributed by atoms with Crippen LogP contribution < -0.4 is 5.32 Å². The summed E-state index contributed by atoms with van der Waals surface area (Å²) in [5.74, 6) is -0.101. The summed E-state index contributed by atoms with van der Waals surface area (Å²) in [4.78, 5) is 12.9. The third-order valence-electron chi connectivity index (χ3n) is 2.63. The molecular formula is C15H14ClNOS. The lowest BCUT2D eigenvalue weighted by molar-refractivity contribution is -0.117. The fraction of sp³-hybridized carbons (Fsp3) is 0.133. The van der Waals surface area contributed by atoms with Gasteiger partial charge in [-0.05, 0) is 42.1 Å². The van der Waals surface area contributed by atoms with E-state index < -0.39 is 0 Å². The van der Waals surface area contributed by atoms with Gasteiger partial charge in [0.05, 0.1) is 6.04 Å². The minimum Gasteiger partial charge on any atom is -0.345 e. The molecule has 2 aromatic rings. The monoisotopic (exact) mass is 291 g/mol. The summed E-state index contributed by atoms with van der Waals surface area (Å²) in [5, 5.41) is 5.61. The second-order valence-electron chi connectivity index (χ2n) is 4.13. The summed E-state index contributed by atoms with van der Waals surface area (Å²) >= 11 is 7.43. The molecule has 1 amide bonds. The van der Waals surface area contributed by atoms with Gasteiger partial charge in [-0.25, -0.2) is 0 Å². The van der Waals surface area contributed by atoms with Crippen molar-refractivity contribution in [3.8, 4) is 0 Å². The van der Waals surface area contributed by atoms with Gasteiger partial charge in [-0.3, -0.25) is 4.79 Å². The van der Waals surface area contributed by atoms with Gasteiger partial charge in [-0.15, -0.1) is 11.3 Å². The standard InChI is InChI=1S/C15H14ClNOS/c1-11(14-3-2-10-19-14)17-15(18)9-6-12-4-7-13(16)8-5-12/h2-11H,1H3,(H,17,18)/b9-6+. The summed E-state index contributed by atoms with van der Waals surface area (Å²) in [6.45, 7) is 1.97. The molecule has 0 fully saturated rings. The van der Waals surface area contributed by atoms with E-state index in [1.165, 1.54) is 6.08 Å². The zero-order chi connectivity index (χ0) is 13.7. The molecule has 1 N–H and O–H groups in total. The molecule has 0 spiro atoms. The molecule has 0 radical (unpaired) electrons. The van der Waals surface area contributed by atoms with Gasteiger partial charge < -0.3 is 5.32 Å². The molecule has 1 aromatic carbocycles. The summed E-state index contributed by atoms with van der Waals surface area (Å²) in [7, 11) is 0. The number of rotatable bonds is 4. The highest BCUT2D eigenvalue weighted by Crippen LogP contribution is 2.18. The Morgan fingerprint density at radius 2 is 2.05 bits per heavy atom. The number of amides is 1. The quantitative estimate of drug-likeness (QED) is 0.837. The molecule has 0 saturated carbocycles. The Morgan fingerprint density at radius 1 is 1.32 bits per heavy atom. The van der Waals surface area contributed by atoms with Crippen molar-refractivity contribution in [3.05, 3.63) is 63.3 Å². The molecule has 2 nitrogen and oxygen atoms in total. The number of halogens is 1. The van der Waals surface area contributed by atoms with Crippen LogP contribution >= 0.6 is 22.9 Å². The minimum absolute atomic E-state index is 0.0300. The Labute approximate surface area is 121 Å². The maximum atomic E-state index is 11.8. The summed E-state index contributed by atoms with van der Waals surface area (Å²) in [6.07, 6.45) is 3.31. The molecule has 2 rings (SSSR count). The van der Waals surface area contributed by atoms with Crippen molar-refractivity contribution in [2.24, 2.45) is 0 Å². The SMILES string of the molecule is CC(NC(=O)/C=C/c1ccc(Cl)cc1)c1cccs1. The highest BCUT2D eigenvalue weighted by atomic mass is 35.5. The largest absolute Gasteiger partial charge is 0.345 e. The lowest BCUT2D eigenvalue weighted by atomic mass is 10.2. The van der Waals surface area contributed by atoms with Gasteiger partial charge in [-0.2, -0.15) is 0 Å². The van der Waals surface area contributed by atoms with E-state index in [2.05, 4.69) is 5.32 Å². The molecule has 1 aromatic heterocycles. The third-order valence-corrected chi connectivity index (χ3v) is 3.93. The number of hydrogen-bond donors (Lipinski definition) is 1. The fourth-order valence-corrected chi connectivity index (χ4v) is 2.48. The Bertz CT molecular complexity index is 560. The van der Waals surface area contributed by atoms with Gasteiger partial charge in [0, 0.05) is 16.0 Å². The van der Waals surface area contributed by atoms with E-state index in [9.17, 15) is 4.79 Å². The average molecular weight is 292 g/mol. The van der Waals surface area contributed by atoms with Crippen LogP contribution in [0.5, 0.6) is 0 Å². The first-order valence-electron chi connectivity index (χ1n) is 5.93. The number of thiophene rings is 1. The molecule has 1 heterocycles. The highest BCUT2D eigenvalue weighted by molar-refractivity contribution is 7.10. The van der Waals surface area contributed by atoms with Gasteiger partial charge in [0.25, 0.3) is 0 Å². The molecule has 1 unspecified atom stereocenters. The molecule has 4 heteroatoms. The zero-order valence-electron chi connectivity index (χ0n) is 10.5. The first kappa shape index (κ1) is 13.8. The number of nitrogens with one attached hydrogen (secondary N) is 1. The predicted molar refractivity (Wildman–Crippen MR) is 81.4 cm³/mol. The fourth-order valence-electron chi connectivity index (χ4n) is 1.62. The number of hydrogen-bond acceptors (Lipinski definition) is 2. The van der Waals surface area contributed by atoms with E-state index in [0.29, 0.717) is 5.02 Å². The molecule has 0 bridgehead atoms. The summed E-state index contributed by atoms with van der Waals surface area (Å²) in [6, 6.07) is 11.4. The zero-order valence-corrected chi connectivity index (χ0v) is 12.0. The van der Waals surface area contributed by atoms with Crippen molar-refractivity contribution in [1.82, 2.24) is 5.32 Å². The predicted octanol–water partition coefficient (Wildman–Crippen LogP) is 4.29. The first-order chi connectivity index (χ1) is 9.15. The van der Waals surface area contributed by atoms with Crippen molar-refractivity contribution < 1.29 is 4.79 Å². The van der Waals surface area contributed by atoms with Crippen LogP contribution in [0.2, 0.25) is 5.02 Å². The van der Waals surface area contributed by atoms with E-state index in [-0.39, 0.29) is 11.9 Å². The Hall–Kier alpha value is -1.58. The van der Waals surface area contributed by atoms with Crippen LogP contribution in [0.4, 0.5) is 0 Å². The number of carbonyl (C=O) groups excluding carboxylic acids is 1. The van der Waals surface area contributed by atoms with Crippen LogP contribution in [0, 0.1) is 0 Å². The third kappa shape index (κ3) is 4.23. The molecule has 0 aliphatic carbocycles. The highest BCUT2D eigenvalue weighted by Gasteiger charge is 2.07. The second kappa shape index (κ2) is 6.55. The maximum absolute atomic E-state index is 11.8. The lowest BCUT2D eigenvalue weighted by Gasteiger charge is -2.09. The van der Waals surface area contributed by atoms with Crippen LogP contribution in [-0.2, 0) is 4.79 Å². The van der Waals surface area contributed by atoms with E-state index in [0.717, 1.165) is 10.4 Å². The Balaban J connectivity index is 1.92. The van der Waals surface area contributed by atoms with Crippen LogP contribution in [0.15, 0.2) is 47.9 Å². The second-order valence-corrected chi connectivity index (χ2v) is 5.55. The van der Waals surface area contributed by atoms with E-state index in [1.54, 1.807) is 29.5 Å². The van der Waals surface area contributed by atoms with Crippen LogP contribution in [0.25, 0.3) is 6.08 Å². The summed E-state index contributed by atoms with van der Waals surface area (Å²) in [5.41, 5.74) is 0.948. The molecule has 19 heavy (non-hydrogen) atoms. The molecular weight excluding hydrogens is 278 g/mol. The van der Waals surface area contributed by atoms with Crippen molar-refractivity contribution in [2.75, 3.05) is 0 Å². The number of carbonyl (C=O) groups is 1. The van der Waals surface area contributed by atoms with Crippen LogP contribution in [0.3, 0.4) is 0 Å². The van der Waals surface area contributed by atoms with Crippen molar-refractivity contribution in [3.63, 3.8) is 0 Å². The molecule has 0 aliphatic heterocycles. The molecule has 1 atom stereocenters. The first-order valence-corrected chi connectivity index (χ1v) is 7.18. The molecule has 0 saturated heterocycles. The van der Waals surface area contributed by atoms with Gasteiger partial charge in [0.15, 0.2) is 0 Å². The van der Waals surface area contributed by atoms with Crippen molar-refractivity contribution in [1.29, 1.82) is 0 Å². The molecule has 0 aliphatic rings. The van der Waals surface area contributed by atoms with Crippen molar-refractivity contribution >= 4 is 34.9 Å². The molecule has 98 valence electrons.